The topological polar surface area (TPSA) is 70.3 Å². The first-order valence-corrected chi connectivity index (χ1v) is 8.12. The second kappa shape index (κ2) is 7.07. The molecule has 0 unspecified atom stereocenters. The highest BCUT2D eigenvalue weighted by atomic mass is 19.3. The molecule has 0 N–H and O–H groups in total. The van der Waals surface area contributed by atoms with E-state index in [1.54, 1.807) is 36.8 Å². The van der Waals surface area contributed by atoms with Crippen LogP contribution in [-0.4, -0.2) is 27.8 Å². The van der Waals surface area contributed by atoms with Gasteiger partial charge in [-0.25, -0.2) is 9.97 Å². The van der Waals surface area contributed by atoms with Gasteiger partial charge in [0.1, 0.15) is 17.5 Å². The summed E-state index contributed by atoms with van der Waals surface area (Å²) >= 11 is 0. The van der Waals surface area contributed by atoms with Crippen molar-refractivity contribution < 1.29 is 22.8 Å². The zero-order chi connectivity index (χ0) is 17.9. The molecule has 2 aromatic heterocycles. The fourth-order valence-corrected chi connectivity index (χ4v) is 2.88. The van der Waals surface area contributed by atoms with E-state index in [4.69, 9.17) is 9.26 Å². The van der Waals surface area contributed by atoms with Crippen molar-refractivity contribution in [2.45, 2.75) is 31.5 Å². The van der Waals surface area contributed by atoms with Gasteiger partial charge >= 0.3 is 6.61 Å². The Hall–Kier alpha value is -3.03. The van der Waals surface area contributed by atoms with Crippen LogP contribution in [0.1, 0.15) is 24.3 Å². The molecular weight excluding hydrogens is 344 g/mol. The van der Waals surface area contributed by atoms with Crippen LogP contribution >= 0.6 is 0 Å². The van der Waals surface area contributed by atoms with Gasteiger partial charge < -0.3 is 14.0 Å². The minimum atomic E-state index is -2.81. The Morgan fingerprint density at radius 2 is 1.85 bits per heavy atom. The lowest BCUT2D eigenvalue weighted by atomic mass is 9.77. The summed E-state index contributed by atoms with van der Waals surface area (Å²) in [4.78, 5) is 8.48. The number of hydrogen-bond acceptors (Lipinski definition) is 6. The van der Waals surface area contributed by atoms with E-state index in [9.17, 15) is 8.78 Å². The molecule has 1 aromatic carbocycles. The van der Waals surface area contributed by atoms with Crippen molar-refractivity contribution in [3.05, 3.63) is 54.5 Å². The van der Waals surface area contributed by atoms with Crippen LogP contribution in [0.2, 0.25) is 0 Å². The Morgan fingerprint density at radius 1 is 1.04 bits per heavy atom. The molecule has 0 bridgehead atoms. The minimum Gasteiger partial charge on any atom is -0.473 e. The Kier molecular flexibility index (Phi) is 4.47. The maximum absolute atomic E-state index is 12.2. The lowest BCUT2D eigenvalue weighted by Gasteiger charge is -2.35. The smallest absolute Gasteiger partial charge is 0.387 e. The highest BCUT2D eigenvalue weighted by Gasteiger charge is 2.32. The molecule has 1 aliphatic rings. The van der Waals surface area contributed by atoms with Gasteiger partial charge in [0, 0.05) is 6.07 Å². The van der Waals surface area contributed by atoms with Gasteiger partial charge in [-0.3, -0.25) is 0 Å². The Labute approximate surface area is 147 Å². The molecule has 1 aliphatic carbocycles. The summed E-state index contributed by atoms with van der Waals surface area (Å²) in [6, 6.07) is 8.45. The lowest BCUT2D eigenvalue weighted by Crippen LogP contribution is -2.32. The first-order chi connectivity index (χ1) is 12.7. The third-order valence-corrected chi connectivity index (χ3v) is 4.28. The quantitative estimate of drug-likeness (QED) is 0.661. The van der Waals surface area contributed by atoms with Crippen molar-refractivity contribution in [1.29, 1.82) is 0 Å². The van der Waals surface area contributed by atoms with Crippen molar-refractivity contribution in [1.82, 2.24) is 15.1 Å². The number of aromatic nitrogens is 3. The Morgan fingerprint density at radius 3 is 2.46 bits per heavy atom. The first-order valence-electron chi connectivity index (χ1n) is 8.12. The minimum absolute atomic E-state index is 0.0578. The standard InChI is InChI=1S/C18H15F2N3O3/c19-18(20)25-13-3-1-11(2-4-13)12-7-14(8-12)24-17-10-21-15(9-22-17)16-5-6-23-26-16/h1-6,9-10,12,14,18H,7-8H2. The summed E-state index contributed by atoms with van der Waals surface area (Å²) < 4.78 is 39.5. The number of benzene rings is 1. The van der Waals surface area contributed by atoms with Crippen molar-refractivity contribution in [2.24, 2.45) is 0 Å². The molecule has 8 heteroatoms. The fraction of sp³-hybridized carbons (Fsp3) is 0.278. The summed E-state index contributed by atoms with van der Waals surface area (Å²) in [5.74, 6) is 1.50. The monoisotopic (exact) mass is 359 g/mol. The number of alkyl halides is 2. The largest absolute Gasteiger partial charge is 0.473 e. The van der Waals surface area contributed by atoms with Crippen LogP contribution < -0.4 is 9.47 Å². The van der Waals surface area contributed by atoms with Crippen LogP contribution in [0, 0.1) is 0 Å². The van der Waals surface area contributed by atoms with Crippen LogP contribution in [-0.2, 0) is 0 Å². The van der Waals surface area contributed by atoms with Gasteiger partial charge in [0.25, 0.3) is 0 Å². The van der Waals surface area contributed by atoms with Gasteiger partial charge in [-0.15, -0.1) is 0 Å². The van der Waals surface area contributed by atoms with E-state index in [0.717, 1.165) is 18.4 Å². The van der Waals surface area contributed by atoms with E-state index < -0.39 is 6.61 Å². The predicted molar refractivity (Wildman–Crippen MR) is 87.0 cm³/mol. The molecule has 0 radical (unpaired) electrons. The molecule has 134 valence electrons. The van der Waals surface area contributed by atoms with Gasteiger partial charge in [-0.05, 0) is 36.5 Å². The molecule has 0 aliphatic heterocycles. The van der Waals surface area contributed by atoms with Crippen molar-refractivity contribution in [3.8, 4) is 23.1 Å². The van der Waals surface area contributed by atoms with Crippen LogP contribution in [0.25, 0.3) is 11.5 Å². The average Bonchev–Trinajstić information content (AvgIpc) is 3.13. The Bertz CT molecular complexity index is 833. The number of nitrogens with zero attached hydrogens (tertiary/aromatic N) is 3. The summed E-state index contributed by atoms with van der Waals surface area (Å²) in [5.41, 5.74) is 1.67. The number of halogens is 2. The van der Waals surface area contributed by atoms with Crippen LogP contribution in [0.3, 0.4) is 0 Å². The zero-order valence-corrected chi connectivity index (χ0v) is 13.6. The van der Waals surface area contributed by atoms with E-state index in [-0.39, 0.29) is 11.9 Å². The van der Waals surface area contributed by atoms with E-state index >= 15 is 0 Å². The molecule has 1 saturated carbocycles. The van der Waals surface area contributed by atoms with Gasteiger partial charge in [0.05, 0.1) is 18.6 Å². The summed E-state index contributed by atoms with van der Waals surface area (Å²) in [6.45, 7) is -2.81. The summed E-state index contributed by atoms with van der Waals surface area (Å²) in [7, 11) is 0. The molecule has 0 spiro atoms. The van der Waals surface area contributed by atoms with Crippen LogP contribution in [0.4, 0.5) is 8.78 Å². The maximum Gasteiger partial charge on any atom is 0.387 e. The number of ether oxygens (including phenoxy) is 2. The van der Waals surface area contributed by atoms with Gasteiger partial charge in [-0.2, -0.15) is 8.78 Å². The average molecular weight is 359 g/mol. The molecule has 4 rings (SSSR count). The normalized spacial score (nSPS) is 19.2. The third-order valence-electron chi connectivity index (χ3n) is 4.28. The number of rotatable bonds is 6. The van der Waals surface area contributed by atoms with Gasteiger partial charge in [0.15, 0.2) is 5.76 Å². The SMILES string of the molecule is FC(F)Oc1ccc(C2CC(Oc3cnc(-c4ccno4)cn3)C2)cc1. The lowest BCUT2D eigenvalue weighted by molar-refractivity contribution is -0.0498. The van der Waals surface area contributed by atoms with Gasteiger partial charge in [-0.1, -0.05) is 17.3 Å². The fourth-order valence-electron chi connectivity index (χ4n) is 2.88. The molecule has 3 aromatic rings. The van der Waals surface area contributed by atoms with E-state index in [1.165, 1.54) is 0 Å². The summed E-state index contributed by atoms with van der Waals surface area (Å²) in [6.07, 6.45) is 6.40. The zero-order valence-electron chi connectivity index (χ0n) is 13.6. The molecular formula is C18H15F2N3O3. The van der Waals surface area contributed by atoms with Crippen molar-refractivity contribution >= 4 is 0 Å². The van der Waals surface area contributed by atoms with E-state index in [1.807, 2.05) is 12.1 Å². The van der Waals surface area contributed by atoms with Crippen LogP contribution in [0.15, 0.2) is 53.4 Å². The molecule has 6 nitrogen and oxygen atoms in total. The molecule has 2 heterocycles. The van der Waals surface area contributed by atoms with Crippen molar-refractivity contribution in [2.75, 3.05) is 0 Å². The van der Waals surface area contributed by atoms with Gasteiger partial charge in [0.2, 0.25) is 5.88 Å². The maximum atomic E-state index is 12.2. The molecule has 26 heavy (non-hydrogen) atoms. The van der Waals surface area contributed by atoms with Crippen molar-refractivity contribution in [3.63, 3.8) is 0 Å². The highest BCUT2D eigenvalue weighted by Crippen LogP contribution is 2.39. The predicted octanol–water partition coefficient (Wildman–Crippen LogP) is 4.06. The Balaban J connectivity index is 1.29. The van der Waals surface area contributed by atoms with E-state index in [0.29, 0.717) is 23.3 Å². The summed E-state index contributed by atoms with van der Waals surface area (Å²) in [5, 5.41) is 3.63. The first kappa shape index (κ1) is 16.4. The molecule has 0 atom stereocenters. The van der Waals surface area contributed by atoms with Crippen LogP contribution in [0.5, 0.6) is 11.6 Å². The number of hydrogen-bond donors (Lipinski definition) is 0. The highest BCUT2D eigenvalue weighted by molar-refractivity contribution is 5.49. The molecule has 0 amide bonds. The van der Waals surface area contributed by atoms with E-state index in [2.05, 4.69) is 19.9 Å². The second-order valence-electron chi connectivity index (χ2n) is 5.97. The molecule has 1 fully saturated rings. The molecule has 0 saturated heterocycles. The third kappa shape index (κ3) is 3.63. The second-order valence-corrected chi connectivity index (χ2v) is 5.97.